The fraction of sp³-hybridized carbons (Fsp3) is 0.455. The highest BCUT2D eigenvalue weighted by molar-refractivity contribution is 5.93. The summed E-state index contributed by atoms with van der Waals surface area (Å²) in [4.78, 5) is 38.4. The van der Waals surface area contributed by atoms with Crippen molar-refractivity contribution in [3.63, 3.8) is 0 Å². The van der Waals surface area contributed by atoms with Crippen LogP contribution in [0, 0.1) is 17.7 Å². The molecule has 2 aliphatic rings. The number of aromatic nitrogens is 2. The molecule has 2 N–H and O–H groups in total. The lowest BCUT2D eigenvalue weighted by Gasteiger charge is -2.31. The molecule has 2 amide bonds. The Balaban J connectivity index is 1.29. The number of halogens is 1. The highest BCUT2D eigenvalue weighted by Crippen LogP contribution is 2.35. The molecule has 1 saturated heterocycles. The highest BCUT2D eigenvalue weighted by atomic mass is 19.1. The summed E-state index contributed by atoms with van der Waals surface area (Å²) in [5.41, 5.74) is 5.73. The maximum Gasteiger partial charge on any atom is 0.251 e. The predicted octanol–water partition coefficient (Wildman–Crippen LogP) is 2.81. The maximum absolute atomic E-state index is 13.6. The van der Waals surface area contributed by atoms with Crippen molar-refractivity contribution in [1.82, 2.24) is 15.0 Å². The zero-order chi connectivity index (χ0) is 21.8. The topological polar surface area (TPSA) is 108 Å². The Morgan fingerprint density at radius 3 is 2.71 bits per heavy atom. The van der Waals surface area contributed by atoms with Crippen molar-refractivity contribution in [1.29, 1.82) is 0 Å². The van der Waals surface area contributed by atoms with Crippen LogP contribution in [0.3, 0.4) is 0 Å². The molecule has 4 rings (SSSR count). The zero-order valence-electron chi connectivity index (χ0n) is 17.1. The molecule has 31 heavy (non-hydrogen) atoms. The Bertz CT molecular complexity index is 934. The lowest BCUT2D eigenvalue weighted by Crippen LogP contribution is -2.37. The molecule has 2 fully saturated rings. The van der Waals surface area contributed by atoms with Crippen molar-refractivity contribution >= 4 is 11.8 Å². The molecule has 164 valence electrons. The van der Waals surface area contributed by atoms with Crippen LogP contribution in [0.15, 0.2) is 36.8 Å². The van der Waals surface area contributed by atoms with E-state index in [1.54, 1.807) is 18.6 Å². The number of hydroxylamine groups is 2. The number of benzene rings is 1. The minimum atomic E-state index is -0.828. The van der Waals surface area contributed by atoms with Crippen LogP contribution in [0.5, 0.6) is 5.75 Å². The molecule has 0 unspecified atom stereocenters. The van der Waals surface area contributed by atoms with Crippen LogP contribution < -0.4 is 10.5 Å². The Labute approximate surface area is 179 Å². The normalized spacial score (nSPS) is 23.5. The number of carbonyl (C=O) groups excluding carboxylic acids is 2. The van der Waals surface area contributed by atoms with E-state index in [2.05, 4.69) is 9.97 Å². The van der Waals surface area contributed by atoms with Crippen molar-refractivity contribution in [2.75, 3.05) is 13.2 Å². The number of ether oxygens (including phenoxy) is 1. The molecule has 2 heterocycles. The van der Waals surface area contributed by atoms with E-state index >= 15 is 0 Å². The molecular formula is C22H25FN4O4. The molecular weight excluding hydrogens is 403 g/mol. The van der Waals surface area contributed by atoms with Crippen LogP contribution in [-0.4, -0.2) is 40.1 Å². The molecule has 0 bridgehead atoms. The van der Waals surface area contributed by atoms with E-state index in [0.29, 0.717) is 25.4 Å². The molecule has 0 radical (unpaired) electrons. The minimum Gasteiger partial charge on any atom is -0.493 e. The minimum absolute atomic E-state index is 0.00263. The summed E-state index contributed by atoms with van der Waals surface area (Å²) in [6, 6.07) is 3.78. The Morgan fingerprint density at radius 2 is 2.00 bits per heavy atom. The van der Waals surface area contributed by atoms with Gasteiger partial charge in [-0.25, -0.2) is 9.45 Å². The van der Waals surface area contributed by atoms with Crippen LogP contribution in [0.4, 0.5) is 4.39 Å². The van der Waals surface area contributed by atoms with Gasteiger partial charge in [0, 0.05) is 24.7 Å². The number of carbonyl (C=O) groups is 2. The number of hydrogen-bond donors (Lipinski definition) is 1. The molecule has 1 aromatic carbocycles. The monoisotopic (exact) mass is 428 g/mol. The van der Waals surface area contributed by atoms with E-state index < -0.39 is 11.7 Å². The fourth-order valence-electron chi connectivity index (χ4n) is 4.19. The van der Waals surface area contributed by atoms with Gasteiger partial charge in [0.25, 0.3) is 5.91 Å². The number of nitrogens with zero attached hydrogens (tertiary/aromatic N) is 3. The molecule has 1 aromatic heterocycles. The first kappa shape index (κ1) is 21.2. The Morgan fingerprint density at radius 1 is 1.19 bits per heavy atom. The average Bonchev–Trinajstić information content (AvgIpc) is 3.29. The third kappa shape index (κ3) is 4.82. The van der Waals surface area contributed by atoms with Gasteiger partial charge in [0.05, 0.1) is 30.7 Å². The van der Waals surface area contributed by atoms with Gasteiger partial charge >= 0.3 is 0 Å². The zero-order valence-corrected chi connectivity index (χ0v) is 17.1. The molecule has 1 atom stereocenters. The first-order valence-corrected chi connectivity index (χ1v) is 10.5. The standard InChI is InChI=1S/C22H25FN4O4/c23-18-6-5-16(11-17(18)21(24)28)30-13-14-1-3-15(4-2-14)22(29)27-20(7-10-31-27)19-12-25-8-9-26-19/h5-6,8-9,11-12,14-15,20H,1-4,7,10,13H2,(H2,24,28)/t14-,15-,20-/m0/s1. The number of amides is 2. The first-order chi connectivity index (χ1) is 15.0. The lowest BCUT2D eigenvalue weighted by molar-refractivity contribution is -0.183. The van der Waals surface area contributed by atoms with Crippen LogP contribution >= 0.6 is 0 Å². The number of rotatable bonds is 6. The van der Waals surface area contributed by atoms with Gasteiger partial charge < -0.3 is 10.5 Å². The van der Waals surface area contributed by atoms with Crippen molar-refractivity contribution in [3.8, 4) is 5.75 Å². The van der Waals surface area contributed by atoms with Gasteiger partial charge in [0.15, 0.2) is 0 Å². The van der Waals surface area contributed by atoms with E-state index in [1.165, 1.54) is 23.3 Å². The second-order valence-electron chi connectivity index (χ2n) is 7.97. The van der Waals surface area contributed by atoms with Gasteiger partial charge in [-0.15, -0.1) is 0 Å². The van der Waals surface area contributed by atoms with Gasteiger partial charge in [-0.2, -0.15) is 0 Å². The van der Waals surface area contributed by atoms with Gasteiger partial charge in [0.2, 0.25) is 5.91 Å². The molecule has 9 heteroatoms. The smallest absolute Gasteiger partial charge is 0.251 e. The molecule has 1 aliphatic carbocycles. The lowest BCUT2D eigenvalue weighted by atomic mass is 9.81. The van der Waals surface area contributed by atoms with E-state index in [0.717, 1.165) is 31.4 Å². The largest absolute Gasteiger partial charge is 0.493 e. The third-order valence-corrected chi connectivity index (χ3v) is 5.93. The van der Waals surface area contributed by atoms with Crippen LogP contribution in [0.1, 0.15) is 54.2 Å². The van der Waals surface area contributed by atoms with E-state index in [-0.39, 0.29) is 29.3 Å². The Kier molecular flexibility index (Phi) is 6.41. The first-order valence-electron chi connectivity index (χ1n) is 10.5. The number of hydrogen-bond acceptors (Lipinski definition) is 6. The van der Waals surface area contributed by atoms with E-state index in [1.807, 2.05) is 0 Å². The second kappa shape index (κ2) is 9.38. The molecule has 0 spiro atoms. The number of nitrogens with two attached hydrogens (primary N) is 1. The van der Waals surface area contributed by atoms with Gasteiger partial charge in [-0.1, -0.05) is 0 Å². The predicted molar refractivity (Wildman–Crippen MR) is 108 cm³/mol. The van der Waals surface area contributed by atoms with E-state index in [9.17, 15) is 14.0 Å². The molecule has 8 nitrogen and oxygen atoms in total. The molecule has 1 aliphatic heterocycles. The summed E-state index contributed by atoms with van der Waals surface area (Å²) in [7, 11) is 0. The molecule has 2 aromatic rings. The summed E-state index contributed by atoms with van der Waals surface area (Å²) in [6.07, 6.45) is 8.77. The van der Waals surface area contributed by atoms with Crippen molar-refractivity contribution < 1.29 is 23.6 Å². The van der Waals surface area contributed by atoms with Crippen LogP contribution in [0.25, 0.3) is 0 Å². The fourth-order valence-corrected chi connectivity index (χ4v) is 4.19. The maximum atomic E-state index is 13.6. The molecule has 1 saturated carbocycles. The van der Waals surface area contributed by atoms with Gasteiger partial charge in [-0.3, -0.25) is 24.4 Å². The highest BCUT2D eigenvalue weighted by Gasteiger charge is 2.38. The second-order valence-corrected chi connectivity index (χ2v) is 7.97. The van der Waals surface area contributed by atoms with Crippen molar-refractivity contribution in [2.45, 2.75) is 38.1 Å². The quantitative estimate of drug-likeness (QED) is 0.758. The van der Waals surface area contributed by atoms with Crippen LogP contribution in [-0.2, 0) is 9.63 Å². The number of primary amides is 1. The van der Waals surface area contributed by atoms with Gasteiger partial charge in [0.1, 0.15) is 17.6 Å². The summed E-state index contributed by atoms with van der Waals surface area (Å²) in [6.45, 7) is 0.925. The summed E-state index contributed by atoms with van der Waals surface area (Å²) in [5, 5.41) is 1.48. The van der Waals surface area contributed by atoms with Gasteiger partial charge in [-0.05, 0) is 49.8 Å². The summed E-state index contributed by atoms with van der Waals surface area (Å²) >= 11 is 0. The SMILES string of the molecule is NC(=O)c1cc(OC[C@H]2CC[C@H](C(=O)N3OCC[C@H]3c3cnccn3)CC2)ccc1F. The van der Waals surface area contributed by atoms with Crippen molar-refractivity contribution in [3.05, 3.63) is 53.9 Å². The third-order valence-electron chi connectivity index (χ3n) is 5.93. The average molecular weight is 428 g/mol. The van der Waals surface area contributed by atoms with Crippen molar-refractivity contribution in [2.24, 2.45) is 17.6 Å². The summed E-state index contributed by atoms with van der Waals surface area (Å²) in [5.74, 6) is -0.904. The van der Waals surface area contributed by atoms with Crippen LogP contribution in [0.2, 0.25) is 0 Å². The summed E-state index contributed by atoms with van der Waals surface area (Å²) < 4.78 is 19.3. The Hall–Kier alpha value is -3.07. The van der Waals surface area contributed by atoms with E-state index in [4.69, 9.17) is 15.3 Å².